The molecule has 2 saturated heterocycles. The SMILES string of the molecule is CCC(CC)C1C(=O)NC(C2Cc3ccccc3C2)C(=O)N1Cc1ccccc1S(=O)(=O)CC=CC1CCNCC1. The zero-order chi connectivity index (χ0) is 29.0. The van der Waals surface area contributed by atoms with Crippen LogP contribution in [0.2, 0.25) is 0 Å². The quantitative estimate of drug-likeness (QED) is 0.416. The average molecular weight is 578 g/mol. The standard InChI is InChI=1S/C33H43N3O4S/c1-3-24(4-2)31-32(37)35-30(28-20-25-11-5-6-12-26(25)21-28)33(38)36(31)22-27-13-7-8-14-29(27)41(39,40)19-9-10-23-15-17-34-18-16-23/h5-14,23-24,28,30-31,34H,3-4,15-22H2,1-2H3,(H,35,37). The first-order valence-electron chi connectivity index (χ1n) is 15.2. The summed E-state index contributed by atoms with van der Waals surface area (Å²) in [6.07, 6.45) is 8.82. The Labute approximate surface area is 244 Å². The molecule has 2 N–H and O–H groups in total. The average Bonchev–Trinajstić information content (AvgIpc) is 3.41. The fourth-order valence-electron chi connectivity index (χ4n) is 6.91. The molecule has 0 saturated carbocycles. The smallest absolute Gasteiger partial charge is 0.246 e. The second-order valence-electron chi connectivity index (χ2n) is 11.8. The molecule has 2 unspecified atom stereocenters. The van der Waals surface area contributed by atoms with Crippen molar-refractivity contribution in [2.24, 2.45) is 17.8 Å². The molecule has 0 aromatic heterocycles. The maximum absolute atomic E-state index is 14.2. The van der Waals surface area contributed by atoms with Crippen LogP contribution < -0.4 is 10.6 Å². The number of hydrogen-bond donors (Lipinski definition) is 2. The van der Waals surface area contributed by atoms with E-state index in [1.807, 2.05) is 38.1 Å². The number of nitrogens with one attached hydrogen (secondary N) is 2. The van der Waals surface area contributed by atoms with Crippen molar-refractivity contribution >= 4 is 21.7 Å². The van der Waals surface area contributed by atoms with Gasteiger partial charge >= 0.3 is 0 Å². The van der Waals surface area contributed by atoms with Crippen molar-refractivity contribution in [2.45, 2.75) is 75.9 Å². The van der Waals surface area contributed by atoms with E-state index in [0.29, 0.717) is 11.5 Å². The molecular formula is C33H43N3O4S. The van der Waals surface area contributed by atoms with Gasteiger partial charge in [-0.1, -0.05) is 81.3 Å². The molecule has 2 aromatic carbocycles. The summed E-state index contributed by atoms with van der Waals surface area (Å²) in [5.41, 5.74) is 3.01. The van der Waals surface area contributed by atoms with Gasteiger partial charge in [0.1, 0.15) is 12.1 Å². The highest BCUT2D eigenvalue weighted by Gasteiger charge is 2.47. The Hall–Kier alpha value is -2.97. The Bertz CT molecular complexity index is 1350. The summed E-state index contributed by atoms with van der Waals surface area (Å²) in [7, 11) is -3.63. The van der Waals surface area contributed by atoms with Gasteiger partial charge in [-0.15, -0.1) is 0 Å². The number of hydrogen-bond acceptors (Lipinski definition) is 5. The van der Waals surface area contributed by atoms with E-state index in [0.717, 1.165) is 51.6 Å². The molecule has 0 bridgehead atoms. The fraction of sp³-hybridized carbons (Fsp3) is 0.515. The van der Waals surface area contributed by atoms with Crippen LogP contribution in [0.4, 0.5) is 0 Å². The first kappa shape index (κ1) is 29.5. The Morgan fingerprint density at radius 2 is 1.59 bits per heavy atom. The lowest BCUT2D eigenvalue weighted by molar-refractivity contribution is -0.154. The van der Waals surface area contributed by atoms with Crippen LogP contribution in [0.1, 0.15) is 56.2 Å². The van der Waals surface area contributed by atoms with Gasteiger partial charge in [-0.3, -0.25) is 9.59 Å². The number of carbonyl (C=O) groups excluding carboxylic acids is 2. The van der Waals surface area contributed by atoms with Crippen molar-refractivity contribution in [2.75, 3.05) is 18.8 Å². The van der Waals surface area contributed by atoms with Gasteiger partial charge in [-0.05, 0) is 79.3 Å². The van der Waals surface area contributed by atoms with Gasteiger partial charge in [0, 0.05) is 6.54 Å². The van der Waals surface area contributed by atoms with Gasteiger partial charge in [0.15, 0.2) is 9.84 Å². The summed E-state index contributed by atoms with van der Waals surface area (Å²) < 4.78 is 27.1. The number of rotatable bonds is 10. The Morgan fingerprint density at radius 1 is 0.951 bits per heavy atom. The van der Waals surface area contributed by atoms with Crippen molar-refractivity contribution < 1.29 is 18.0 Å². The monoisotopic (exact) mass is 577 g/mol. The van der Waals surface area contributed by atoms with E-state index in [4.69, 9.17) is 0 Å². The zero-order valence-electron chi connectivity index (χ0n) is 24.2. The molecule has 2 aromatic rings. The van der Waals surface area contributed by atoms with E-state index in [2.05, 4.69) is 22.8 Å². The molecule has 7 nitrogen and oxygen atoms in total. The highest BCUT2D eigenvalue weighted by molar-refractivity contribution is 7.91. The van der Waals surface area contributed by atoms with Crippen molar-refractivity contribution in [3.8, 4) is 0 Å². The molecular weight excluding hydrogens is 534 g/mol. The molecule has 0 radical (unpaired) electrons. The number of carbonyl (C=O) groups is 2. The number of allylic oxidation sites excluding steroid dienone is 1. The van der Waals surface area contributed by atoms with Gasteiger partial charge < -0.3 is 15.5 Å². The summed E-state index contributed by atoms with van der Waals surface area (Å²) in [5.74, 6) is 0.0271. The summed E-state index contributed by atoms with van der Waals surface area (Å²) in [5, 5.41) is 6.43. The van der Waals surface area contributed by atoms with Crippen LogP contribution in [0.15, 0.2) is 65.6 Å². The van der Waals surface area contributed by atoms with Gasteiger partial charge in [0.05, 0.1) is 10.6 Å². The van der Waals surface area contributed by atoms with Gasteiger partial charge in [-0.25, -0.2) is 8.42 Å². The number of fused-ring (bicyclic) bond motifs is 1. The van der Waals surface area contributed by atoms with Crippen LogP contribution >= 0.6 is 0 Å². The highest BCUT2D eigenvalue weighted by atomic mass is 32.2. The minimum atomic E-state index is -3.63. The molecule has 2 fully saturated rings. The van der Waals surface area contributed by atoms with Gasteiger partial charge in [0.2, 0.25) is 11.8 Å². The maximum Gasteiger partial charge on any atom is 0.246 e. The second kappa shape index (κ2) is 12.9. The Morgan fingerprint density at radius 3 is 2.24 bits per heavy atom. The molecule has 5 rings (SSSR count). The third-order valence-corrected chi connectivity index (χ3v) is 11.0. The molecule has 41 heavy (non-hydrogen) atoms. The topological polar surface area (TPSA) is 95.6 Å². The van der Waals surface area contributed by atoms with Crippen molar-refractivity contribution in [3.63, 3.8) is 0 Å². The van der Waals surface area contributed by atoms with Gasteiger partial charge in [0.25, 0.3) is 0 Å². The molecule has 0 spiro atoms. The number of nitrogens with zero attached hydrogens (tertiary/aromatic N) is 1. The molecule has 2 amide bonds. The maximum atomic E-state index is 14.2. The van der Waals surface area contributed by atoms with Crippen molar-refractivity contribution in [1.82, 2.24) is 15.5 Å². The normalized spacial score (nSPS) is 22.5. The first-order valence-corrected chi connectivity index (χ1v) is 16.8. The van der Waals surface area contributed by atoms with E-state index in [1.165, 1.54) is 11.1 Å². The third-order valence-electron chi connectivity index (χ3n) is 9.26. The number of piperidine rings is 1. The van der Waals surface area contributed by atoms with E-state index in [-0.39, 0.29) is 40.8 Å². The lowest BCUT2D eigenvalue weighted by atomic mass is 9.86. The summed E-state index contributed by atoms with van der Waals surface area (Å²) in [6, 6.07) is 13.9. The number of piperazine rings is 1. The lowest BCUT2D eigenvalue weighted by Gasteiger charge is -2.44. The molecule has 2 atom stereocenters. The highest BCUT2D eigenvalue weighted by Crippen LogP contribution is 2.34. The molecule has 1 aliphatic carbocycles. The van der Waals surface area contributed by atoms with Crippen LogP contribution in [0.3, 0.4) is 0 Å². The Kier molecular flexibility index (Phi) is 9.29. The zero-order valence-corrected chi connectivity index (χ0v) is 25.0. The number of amides is 2. The van der Waals surface area contributed by atoms with E-state index in [9.17, 15) is 18.0 Å². The van der Waals surface area contributed by atoms with Crippen molar-refractivity contribution in [3.05, 3.63) is 77.4 Å². The van der Waals surface area contributed by atoms with Crippen molar-refractivity contribution in [1.29, 1.82) is 0 Å². The molecule has 2 aliphatic heterocycles. The van der Waals surface area contributed by atoms with E-state index >= 15 is 0 Å². The van der Waals surface area contributed by atoms with Crippen LogP contribution in [0.25, 0.3) is 0 Å². The van der Waals surface area contributed by atoms with Crippen LogP contribution in [-0.2, 0) is 38.8 Å². The van der Waals surface area contributed by atoms with Crippen LogP contribution in [0, 0.1) is 17.8 Å². The lowest BCUT2D eigenvalue weighted by Crippen LogP contribution is -2.66. The Balaban J connectivity index is 1.41. The summed E-state index contributed by atoms with van der Waals surface area (Å²) in [6.45, 7) is 6.08. The molecule has 8 heteroatoms. The van der Waals surface area contributed by atoms with Gasteiger partial charge in [-0.2, -0.15) is 0 Å². The molecule has 220 valence electrons. The molecule has 3 aliphatic rings. The predicted molar refractivity (Wildman–Crippen MR) is 161 cm³/mol. The molecule has 2 heterocycles. The third kappa shape index (κ3) is 6.44. The van der Waals surface area contributed by atoms with E-state index < -0.39 is 21.9 Å². The number of sulfone groups is 1. The fourth-order valence-corrected chi connectivity index (χ4v) is 8.27. The first-order chi connectivity index (χ1) is 19.8. The number of benzene rings is 2. The van der Waals surface area contributed by atoms with E-state index in [1.54, 1.807) is 29.2 Å². The minimum absolute atomic E-state index is 0.0163. The largest absolute Gasteiger partial charge is 0.342 e. The summed E-state index contributed by atoms with van der Waals surface area (Å²) in [4.78, 5) is 29.8. The van der Waals surface area contributed by atoms with Crippen LogP contribution in [0.5, 0.6) is 0 Å². The predicted octanol–water partition coefficient (Wildman–Crippen LogP) is 4.06. The van der Waals surface area contributed by atoms with Crippen LogP contribution in [-0.4, -0.2) is 56.1 Å². The summed E-state index contributed by atoms with van der Waals surface area (Å²) >= 11 is 0. The minimum Gasteiger partial charge on any atom is -0.342 e. The second-order valence-corrected chi connectivity index (χ2v) is 13.8.